The van der Waals surface area contributed by atoms with E-state index in [4.69, 9.17) is 4.74 Å². The van der Waals surface area contributed by atoms with E-state index in [1.54, 1.807) is 4.90 Å². The second-order valence-electron chi connectivity index (χ2n) is 7.31. The van der Waals surface area contributed by atoms with Crippen molar-refractivity contribution < 1.29 is 33.3 Å². The van der Waals surface area contributed by atoms with E-state index >= 15 is 0 Å². The second-order valence-corrected chi connectivity index (χ2v) is 7.31. The first-order chi connectivity index (χ1) is 14.3. The maximum Gasteiger partial charge on any atom is 0.274 e. The summed E-state index contributed by atoms with van der Waals surface area (Å²) in [5.41, 5.74) is -0.216. The molecule has 1 aromatic rings. The highest BCUT2D eigenvalue weighted by atomic mass is 19.1. The predicted octanol–water partition coefficient (Wildman–Crippen LogP) is 0.540. The van der Waals surface area contributed by atoms with Crippen LogP contribution in [0.3, 0.4) is 0 Å². The van der Waals surface area contributed by atoms with E-state index in [1.807, 2.05) is 6.92 Å². The number of carbonyl (C=O) groups excluding carboxylic acids is 2. The van der Waals surface area contributed by atoms with Gasteiger partial charge in [0.25, 0.3) is 11.8 Å². The average Bonchev–Trinajstić information content (AvgIpc) is 3.19. The predicted molar refractivity (Wildman–Crippen MR) is 99.6 cm³/mol. The minimum absolute atomic E-state index is 0.0621. The van der Waals surface area contributed by atoms with E-state index in [0.29, 0.717) is 19.2 Å². The summed E-state index contributed by atoms with van der Waals surface area (Å²) in [6.07, 6.45) is -0.385. The van der Waals surface area contributed by atoms with Gasteiger partial charge in [-0.15, -0.1) is 0 Å². The van der Waals surface area contributed by atoms with Gasteiger partial charge in [0.1, 0.15) is 23.4 Å². The van der Waals surface area contributed by atoms with E-state index in [9.17, 15) is 28.6 Å². The third kappa shape index (κ3) is 3.21. The third-order valence-corrected chi connectivity index (χ3v) is 5.63. The average molecular weight is 421 g/mol. The highest BCUT2D eigenvalue weighted by molar-refractivity contribution is 5.99. The molecule has 0 bridgehead atoms. The van der Waals surface area contributed by atoms with E-state index in [-0.39, 0.29) is 42.1 Å². The normalized spacial score (nSPS) is 25.8. The number of hydrogen-bond donors (Lipinski definition) is 3. The molecule has 8 nitrogen and oxygen atoms in total. The first-order valence-electron chi connectivity index (χ1n) is 9.55. The quantitative estimate of drug-likeness (QED) is 0.656. The zero-order valence-corrected chi connectivity index (χ0v) is 16.1. The zero-order chi connectivity index (χ0) is 21.6. The lowest BCUT2D eigenvalue weighted by atomic mass is 9.95. The fraction of sp³-hybridized carbons (Fsp3) is 0.400. The Morgan fingerprint density at radius 2 is 2.03 bits per heavy atom. The number of ether oxygens (including phenoxy) is 1. The van der Waals surface area contributed by atoms with Crippen molar-refractivity contribution in [1.29, 1.82) is 0 Å². The van der Waals surface area contributed by atoms with Crippen molar-refractivity contribution in [1.82, 2.24) is 15.1 Å². The molecule has 2 amide bonds. The smallest absolute Gasteiger partial charge is 0.274 e. The number of halogens is 2. The highest BCUT2D eigenvalue weighted by Crippen LogP contribution is 2.36. The second kappa shape index (κ2) is 7.69. The number of hydrogen-bond acceptors (Lipinski definition) is 6. The molecule has 0 radical (unpaired) electrons. The molecule has 3 aliphatic heterocycles. The standard InChI is InChI=1S/C20H21F2N3O5/c1-2-24-14-8-30-9-15(14)25-7-12(17(26)18(27)16(25)20(24)29)19(28)23-6-10-3-4-11(21)5-13(10)22/h3-5,7,14-15,17,26-27H,2,6,8-9H2,1H3,(H,23,28)/t14-,15+,17?/m0/s1. The minimum atomic E-state index is -1.71. The monoisotopic (exact) mass is 421 g/mol. The molecule has 2 fully saturated rings. The van der Waals surface area contributed by atoms with Crippen LogP contribution in [0.1, 0.15) is 12.5 Å². The molecule has 0 saturated carbocycles. The molecular formula is C20H21F2N3O5. The van der Waals surface area contributed by atoms with Crippen molar-refractivity contribution in [2.45, 2.75) is 31.7 Å². The Hall–Kier alpha value is -2.98. The van der Waals surface area contributed by atoms with E-state index in [2.05, 4.69) is 5.32 Å². The lowest BCUT2D eigenvalue weighted by Crippen LogP contribution is -2.60. The van der Waals surface area contributed by atoms with Gasteiger partial charge in [0.15, 0.2) is 5.76 Å². The van der Waals surface area contributed by atoms with Crippen molar-refractivity contribution >= 4 is 11.8 Å². The highest BCUT2D eigenvalue weighted by Gasteiger charge is 2.50. The zero-order valence-electron chi connectivity index (χ0n) is 16.1. The van der Waals surface area contributed by atoms with Gasteiger partial charge in [0.05, 0.1) is 30.9 Å². The van der Waals surface area contributed by atoms with Gasteiger partial charge in [-0.2, -0.15) is 0 Å². The first-order valence-corrected chi connectivity index (χ1v) is 9.55. The Morgan fingerprint density at radius 3 is 2.73 bits per heavy atom. The number of aliphatic hydroxyl groups excluding tert-OH is 2. The molecule has 2 saturated heterocycles. The number of aliphatic hydroxyl groups is 2. The van der Waals surface area contributed by atoms with Gasteiger partial charge < -0.3 is 30.1 Å². The minimum Gasteiger partial charge on any atom is -0.507 e. The van der Waals surface area contributed by atoms with Crippen LogP contribution in [0.2, 0.25) is 0 Å². The molecule has 3 N–H and O–H groups in total. The molecule has 160 valence electrons. The van der Waals surface area contributed by atoms with Gasteiger partial charge >= 0.3 is 0 Å². The van der Waals surface area contributed by atoms with Crippen molar-refractivity contribution in [3.05, 3.63) is 58.6 Å². The number of benzene rings is 1. The van der Waals surface area contributed by atoms with Crippen LogP contribution >= 0.6 is 0 Å². The molecule has 4 rings (SSSR count). The summed E-state index contributed by atoms with van der Waals surface area (Å²) >= 11 is 0. The van der Waals surface area contributed by atoms with Gasteiger partial charge in [-0.1, -0.05) is 6.07 Å². The molecule has 1 aromatic carbocycles. The van der Waals surface area contributed by atoms with Crippen LogP contribution in [-0.4, -0.2) is 69.8 Å². The molecule has 30 heavy (non-hydrogen) atoms. The van der Waals surface area contributed by atoms with Crippen LogP contribution in [0, 0.1) is 11.6 Å². The van der Waals surface area contributed by atoms with Gasteiger partial charge in [-0.25, -0.2) is 8.78 Å². The maximum absolute atomic E-state index is 13.8. The number of amides is 2. The maximum atomic E-state index is 13.8. The fourth-order valence-corrected chi connectivity index (χ4v) is 4.06. The third-order valence-electron chi connectivity index (χ3n) is 5.63. The van der Waals surface area contributed by atoms with Crippen LogP contribution in [0.25, 0.3) is 0 Å². The topological polar surface area (TPSA) is 102 Å². The summed E-state index contributed by atoms with van der Waals surface area (Å²) in [6, 6.07) is 2.41. The Labute approximate surface area is 171 Å². The SMILES string of the molecule is CCN1C(=O)C2=C(O)C(O)C(C(=O)NCc3ccc(F)cc3F)=CN2[C@@H]2COC[C@@H]21. The summed E-state index contributed by atoms with van der Waals surface area (Å²) in [7, 11) is 0. The van der Waals surface area contributed by atoms with Crippen molar-refractivity contribution in [3.63, 3.8) is 0 Å². The van der Waals surface area contributed by atoms with Gasteiger partial charge in [-0.05, 0) is 13.0 Å². The van der Waals surface area contributed by atoms with Crippen molar-refractivity contribution in [2.75, 3.05) is 19.8 Å². The molecule has 3 atom stereocenters. The molecule has 1 unspecified atom stereocenters. The summed E-state index contributed by atoms with van der Waals surface area (Å²) in [6.45, 7) is 2.58. The Kier molecular flexibility index (Phi) is 5.20. The Bertz CT molecular complexity index is 964. The van der Waals surface area contributed by atoms with Crippen molar-refractivity contribution in [2.24, 2.45) is 0 Å². The molecule has 0 spiro atoms. The van der Waals surface area contributed by atoms with Gasteiger partial charge in [0.2, 0.25) is 0 Å². The summed E-state index contributed by atoms with van der Waals surface area (Å²) in [5, 5.41) is 23.4. The number of carbonyl (C=O) groups is 2. The lowest BCUT2D eigenvalue weighted by Gasteiger charge is -2.45. The van der Waals surface area contributed by atoms with Crippen LogP contribution in [-0.2, 0) is 20.9 Å². The number of rotatable bonds is 4. The largest absolute Gasteiger partial charge is 0.507 e. The number of nitrogens with zero attached hydrogens (tertiary/aromatic N) is 2. The Morgan fingerprint density at radius 1 is 1.30 bits per heavy atom. The number of likely N-dealkylation sites (N-methyl/N-ethyl adjacent to an activating group) is 1. The summed E-state index contributed by atoms with van der Waals surface area (Å²) in [4.78, 5) is 28.5. The molecule has 3 heterocycles. The lowest BCUT2D eigenvalue weighted by molar-refractivity contribution is -0.136. The van der Waals surface area contributed by atoms with E-state index in [1.165, 1.54) is 17.2 Å². The first kappa shape index (κ1) is 20.3. The van der Waals surface area contributed by atoms with Crippen LogP contribution in [0.15, 0.2) is 41.4 Å². The van der Waals surface area contributed by atoms with Gasteiger partial charge in [0, 0.05) is 30.9 Å². The van der Waals surface area contributed by atoms with Crippen molar-refractivity contribution in [3.8, 4) is 0 Å². The fourth-order valence-electron chi connectivity index (χ4n) is 4.06. The van der Waals surface area contributed by atoms with Crippen LogP contribution < -0.4 is 5.32 Å². The van der Waals surface area contributed by atoms with Crippen LogP contribution in [0.4, 0.5) is 8.78 Å². The summed E-state index contributed by atoms with van der Waals surface area (Å²) in [5.74, 6) is -3.38. The van der Waals surface area contributed by atoms with Crippen LogP contribution in [0.5, 0.6) is 0 Å². The van der Waals surface area contributed by atoms with E-state index < -0.39 is 35.3 Å². The molecule has 10 heteroatoms. The number of piperazine rings is 1. The molecule has 0 aliphatic carbocycles. The molecule has 0 aromatic heterocycles. The molecule has 3 aliphatic rings. The molecular weight excluding hydrogens is 400 g/mol. The van der Waals surface area contributed by atoms with Gasteiger partial charge in [-0.3, -0.25) is 9.59 Å². The summed E-state index contributed by atoms with van der Waals surface area (Å²) < 4.78 is 32.3. The number of fused-ring (bicyclic) bond motifs is 3. The Balaban J connectivity index is 1.59. The number of nitrogens with one attached hydrogen (secondary N) is 1. The van der Waals surface area contributed by atoms with E-state index in [0.717, 1.165) is 6.07 Å².